The Labute approximate surface area is 161 Å². The Hall–Kier alpha value is -2.17. The SMILES string of the molecule is O=C(CSc1nccc(=O)[nH]1)Nc1ccc(S(=O)(=O)N2CCCCC2)cc1. The lowest BCUT2D eigenvalue weighted by molar-refractivity contribution is -0.113. The van der Waals surface area contributed by atoms with Crippen molar-refractivity contribution in [3.8, 4) is 0 Å². The largest absolute Gasteiger partial charge is 0.325 e. The maximum absolute atomic E-state index is 12.6. The van der Waals surface area contributed by atoms with E-state index in [4.69, 9.17) is 0 Å². The van der Waals surface area contributed by atoms with Crippen molar-refractivity contribution >= 4 is 33.4 Å². The third kappa shape index (κ3) is 5.18. The minimum absolute atomic E-state index is 0.0702. The number of piperidine rings is 1. The molecule has 1 aliphatic rings. The first-order valence-electron chi connectivity index (χ1n) is 8.53. The molecule has 2 N–H and O–H groups in total. The summed E-state index contributed by atoms with van der Waals surface area (Å²) in [5.41, 5.74) is 0.228. The lowest BCUT2D eigenvalue weighted by Gasteiger charge is -2.25. The minimum Gasteiger partial charge on any atom is -0.325 e. The number of hydrogen-bond donors (Lipinski definition) is 2. The van der Waals surface area contributed by atoms with Gasteiger partial charge in [-0.1, -0.05) is 18.2 Å². The Bertz CT molecular complexity index is 951. The number of thioether (sulfide) groups is 1. The number of H-pyrrole nitrogens is 1. The molecule has 8 nitrogen and oxygen atoms in total. The van der Waals surface area contributed by atoms with Crippen LogP contribution < -0.4 is 10.9 Å². The van der Waals surface area contributed by atoms with Gasteiger partial charge in [-0.25, -0.2) is 13.4 Å². The van der Waals surface area contributed by atoms with E-state index in [-0.39, 0.29) is 22.1 Å². The molecule has 27 heavy (non-hydrogen) atoms. The van der Waals surface area contributed by atoms with Gasteiger partial charge in [-0.2, -0.15) is 4.31 Å². The van der Waals surface area contributed by atoms with E-state index < -0.39 is 10.0 Å². The molecule has 3 rings (SSSR count). The standard InChI is InChI=1S/C17H20N4O4S2/c22-15-8-9-18-17(20-15)26-12-16(23)19-13-4-6-14(7-5-13)27(24,25)21-10-2-1-3-11-21/h4-9H,1-3,10-12H2,(H,19,23)(H,18,20,22). The smallest absolute Gasteiger partial charge is 0.251 e. The molecular formula is C17H20N4O4S2. The van der Waals surface area contributed by atoms with Crippen LogP contribution in [0.4, 0.5) is 5.69 Å². The number of benzene rings is 1. The Balaban J connectivity index is 1.58. The van der Waals surface area contributed by atoms with Crippen LogP contribution in [-0.4, -0.2) is 47.4 Å². The highest BCUT2D eigenvalue weighted by atomic mass is 32.2. The normalized spacial score (nSPS) is 15.4. The monoisotopic (exact) mass is 408 g/mol. The molecule has 0 bridgehead atoms. The van der Waals surface area contributed by atoms with E-state index >= 15 is 0 Å². The molecule has 1 aliphatic heterocycles. The average molecular weight is 409 g/mol. The topological polar surface area (TPSA) is 112 Å². The number of carbonyl (C=O) groups is 1. The fourth-order valence-electron chi connectivity index (χ4n) is 2.72. The Morgan fingerprint density at radius 1 is 1.15 bits per heavy atom. The van der Waals surface area contributed by atoms with Gasteiger partial charge in [0, 0.05) is 31.0 Å². The predicted octanol–water partition coefficient (Wildman–Crippen LogP) is 1.68. The fraction of sp³-hybridized carbons (Fsp3) is 0.353. The minimum atomic E-state index is -3.48. The van der Waals surface area contributed by atoms with Crippen molar-refractivity contribution in [2.45, 2.75) is 29.3 Å². The van der Waals surface area contributed by atoms with Gasteiger partial charge in [0.05, 0.1) is 10.6 Å². The molecule has 1 aromatic carbocycles. The Morgan fingerprint density at radius 2 is 1.85 bits per heavy atom. The lowest BCUT2D eigenvalue weighted by atomic mass is 10.2. The number of anilines is 1. The number of carbonyl (C=O) groups excluding carboxylic acids is 1. The first-order chi connectivity index (χ1) is 12.9. The number of hydrogen-bond acceptors (Lipinski definition) is 6. The summed E-state index contributed by atoms with van der Waals surface area (Å²) in [6, 6.07) is 7.44. The van der Waals surface area contributed by atoms with Crippen LogP contribution in [0.15, 0.2) is 51.4 Å². The molecule has 1 amide bonds. The summed E-state index contributed by atoms with van der Waals surface area (Å²) in [6.07, 6.45) is 4.20. The number of aromatic amines is 1. The van der Waals surface area contributed by atoms with Crippen molar-refractivity contribution in [1.29, 1.82) is 0 Å². The molecule has 1 saturated heterocycles. The highest BCUT2D eigenvalue weighted by Gasteiger charge is 2.25. The summed E-state index contributed by atoms with van der Waals surface area (Å²) in [4.78, 5) is 29.9. The predicted molar refractivity (Wildman–Crippen MR) is 103 cm³/mol. The molecule has 0 radical (unpaired) electrons. The van der Waals surface area contributed by atoms with Gasteiger partial charge in [0.1, 0.15) is 0 Å². The number of nitrogens with zero attached hydrogens (tertiary/aromatic N) is 2. The number of rotatable bonds is 6. The molecule has 2 aromatic rings. The number of amides is 1. The van der Waals surface area contributed by atoms with Crippen LogP contribution in [-0.2, 0) is 14.8 Å². The lowest BCUT2D eigenvalue weighted by Crippen LogP contribution is -2.35. The van der Waals surface area contributed by atoms with Gasteiger partial charge < -0.3 is 10.3 Å². The molecule has 0 unspecified atom stereocenters. The molecule has 0 saturated carbocycles. The molecule has 0 spiro atoms. The van der Waals surface area contributed by atoms with Crippen LogP contribution in [0, 0.1) is 0 Å². The van der Waals surface area contributed by atoms with E-state index in [9.17, 15) is 18.0 Å². The van der Waals surface area contributed by atoms with Crippen LogP contribution in [0.25, 0.3) is 0 Å². The second kappa shape index (κ2) is 8.68. The van der Waals surface area contributed by atoms with Gasteiger partial charge in [0.2, 0.25) is 15.9 Å². The first-order valence-corrected chi connectivity index (χ1v) is 11.0. The molecule has 144 valence electrons. The van der Waals surface area contributed by atoms with Gasteiger partial charge in [0.25, 0.3) is 5.56 Å². The number of sulfonamides is 1. The molecule has 0 atom stereocenters. The van der Waals surface area contributed by atoms with Gasteiger partial charge in [-0.15, -0.1) is 0 Å². The molecule has 2 heterocycles. The van der Waals surface area contributed by atoms with Crippen LogP contribution in [0.5, 0.6) is 0 Å². The summed E-state index contributed by atoms with van der Waals surface area (Å²) >= 11 is 1.11. The van der Waals surface area contributed by atoms with E-state index in [1.807, 2.05) is 0 Å². The van der Waals surface area contributed by atoms with Crippen molar-refractivity contribution in [2.24, 2.45) is 0 Å². The van der Waals surface area contributed by atoms with Crippen molar-refractivity contribution in [1.82, 2.24) is 14.3 Å². The summed E-state index contributed by atoms with van der Waals surface area (Å²) in [5, 5.41) is 3.06. The van der Waals surface area contributed by atoms with Crippen molar-refractivity contribution in [2.75, 3.05) is 24.2 Å². The maximum Gasteiger partial charge on any atom is 0.251 e. The van der Waals surface area contributed by atoms with Crippen molar-refractivity contribution in [3.05, 3.63) is 46.9 Å². The summed E-state index contributed by atoms with van der Waals surface area (Å²) in [5.74, 6) is -0.209. The first kappa shape index (κ1) is 19.6. The number of aromatic nitrogens is 2. The molecule has 10 heteroatoms. The molecule has 0 aliphatic carbocycles. The molecule has 1 aromatic heterocycles. The summed E-state index contributed by atoms with van der Waals surface area (Å²) in [7, 11) is -3.48. The molecular weight excluding hydrogens is 388 g/mol. The third-order valence-corrected chi connectivity index (χ3v) is 6.88. The Morgan fingerprint density at radius 3 is 2.52 bits per heavy atom. The highest BCUT2D eigenvalue weighted by Crippen LogP contribution is 2.22. The quantitative estimate of drug-likeness (QED) is 0.555. The second-order valence-electron chi connectivity index (χ2n) is 6.07. The summed E-state index contributed by atoms with van der Waals surface area (Å²) < 4.78 is 26.7. The van der Waals surface area contributed by atoms with Crippen LogP contribution in [0.1, 0.15) is 19.3 Å². The molecule has 1 fully saturated rings. The van der Waals surface area contributed by atoms with Gasteiger partial charge in [-0.3, -0.25) is 9.59 Å². The van der Waals surface area contributed by atoms with E-state index in [0.717, 1.165) is 31.0 Å². The maximum atomic E-state index is 12.6. The van der Waals surface area contributed by atoms with E-state index in [1.54, 1.807) is 12.1 Å². The van der Waals surface area contributed by atoms with E-state index in [0.29, 0.717) is 23.9 Å². The number of nitrogens with one attached hydrogen (secondary N) is 2. The van der Waals surface area contributed by atoms with E-state index in [2.05, 4.69) is 15.3 Å². The van der Waals surface area contributed by atoms with Crippen LogP contribution >= 0.6 is 11.8 Å². The van der Waals surface area contributed by atoms with Gasteiger partial charge >= 0.3 is 0 Å². The van der Waals surface area contributed by atoms with Crippen LogP contribution in [0.2, 0.25) is 0 Å². The zero-order valence-electron chi connectivity index (χ0n) is 14.6. The van der Waals surface area contributed by atoms with Gasteiger partial charge in [0.15, 0.2) is 5.16 Å². The highest BCUT2D eigenvalue weighted by molar-refractivity contribution is 7.99. The van der Waals surface area contributed by atoms with Crippen LogP contribution in [0.3, 0.4) is 0 Å². The zero-order valence-corrected chi connectivity index (χ0v) is 16.2. The average Bonchev–Trinajstić information content (AvgIpc) is 2.68. The van der Waals surface area contributed by atoms with Crippen molar-refractivity contribution < 1.29 is 13.2 Å². The van der Waals surface area contributed by atoms with Crippen molar-refractivity contribution in [3.63, 3.8) is 0 Å². The second-order valence-corrected chi connectivity index (χ2v) is 8.97. The summed E-state index contributed by atoms with van der Waals surface area (Å²) in [6.45, 7) is 1.10. The Kier molecular flexibility index (Phi) is 6.30. The van der Waals surface area contributed by atoms with Gasteiger partial charge in [-0.05, 0) is 37.1 Å². The third-order valence-electron chi connectivity index (χ3n) is 4.08. The zero-order chi connectivity index (χ0) is 19.3. The fourth-order valence-corrected chi connectivity index (χ4v) is 4.89. The van der Waals surface area contributed by atoms with E-state index in [1.165, 1.54) is 28.7 Å².